The molecule has 1 atom stereocenters. The lowest BCUT2D eigenvalue weighted by molar-refractivity contribution is -0.144. The lowest BCUT2D eigenvalue weighted by Gasteiger charge is -2.14. The number of fused-ring (bicyclic) bond motifs is 1. The Morgan fingerprint density at radius 2 is 2.08 bits per heavy atom. The predicted octanol–water partition coefficient (Wildman–Crippen LogP) is 2.99. The van der Waals surface area contributed by atoms with Gasteiger partial charge in [-0.15, -0.1) is 17.9 Å². The monoisotopic (exact) mass is 382 g/mol. The summed E-state index contributed by atoms with van der Waals surface area (Å²) in [6.07, 6.45) is 3.06. The van der Waals surface area contributed by atoms with E-state index in [1.54, 1.807) is 19.9 Å². The maximum Gasteiger partial charge on any atom is 0.341 e. The molecule has 1 aliphatic carbocycles. The Labute approximate surface area is 156 Å². The normalized spacial score (nSPS) is 15.2. The van der Waals surface area contributed by atoms with Crippen LogP contribution in [0.15, 0.2) is 12.7 Å². The molecule has 0 aliphatic heterocycles. The van der Waals surface area contributed by atoms with Crippen molar-refractivity contribution >= 4 is 45.6 Å². The quantitative estimate of drug-likeness (QED) is 0.426. The second-order valence-electron chi connectivity index (χ2n) is 5.33. The molecule has 0 fully saturated rings. The Hall–Kier alpha value is -1.93. The van der Waals surface area contributed by atoms with Crippen LogP contribution in [0, 0.1) is 0 Å². The maximum atomic E-state index is 12.5. The van der Waals surface area contributed by atoms with Crippen molar-refractivity contribution in [3.8, 4) is 0 Å². The van der Waals surface area contributed by atoms with Crippen molar-refractivity contribution in [3.05, 3.63) is 28.7 Å². The zero-order chi connectivity index (χ0) is 18.4. The van der Waals surface area contributed by atoms with E-state index in [-0.39, 0.29) is 12.6 Å². The minimum Gasteiger partial charge on any atom is -0.466 e. The number of thiophene rings is 1. The van der Waals surface area contributed by atoms with E-state index >= 15 is 0 Å². The van der Waals surface area contributed by atoms with E-state index in [1.165, 1.54) is 11.3 Å². The molecule has 1 aliphatic rings. The van der Waals surface area contributed by atoms with Gasteiger partial charge in [0.1, 0.15) is 5.00 Å². The van der Waals surface area contributed by atoms with Gasteiger partial charge in [-0.05, 0) is 44.5 Å². The van der Waals surface area contributed by atoms with Gasteiger partial charge in [0, 0.05) is 11.4 Å². The van der Waals surface area contributed by atoms with Gasteiger partial charge in [0.15, 0.2) is 5.11 Å². The number of anilines is 1. The van der Waals surface area contributed by atoms with Gasteiger partial charge >= 0.3 is 11.9 Å². The van der Waals surface area contributed by atoms with E-state index in [0.717, 1.165) is 16.9 Å². The third kappa shape index (κ3) is 4.38. The summed E-state index contributed by atoms with van der Waals surface area (Å²) in [6, 6.07) is 0. The molecule has 6 nitrogen and oxygen atoms in total. The Bertz CT molecular complexity index is 684. The maximum absolute atomic E-state index is 12.5. The van der Waals surface area contributed by atoms with E-state index in [1.807, 2.05) is 0 Å². The van der Waals surface area contributed by atoms with E-state index in [4.69, 9.17) is 21.7 Å². The molecule has 2 rings (SSSR count). The van der Waals surface area contributed by atoms with Gasteiger partial charge in [-0.1, -0.05) is 6.08 Å². The van der Waals surface area contributed by atoms with Crippen molar-refractivity contribution in [3.63, 3.8) is 0 Å². The van der Waals surface area contributed by atoms with Crippen molar-refractivity contribution in [1.82, 2.24) is 5.32 Å². The van der Waals surface area contributed by atoms with Gasteiger partial charge in [-0.2, -0.15) is 0 Å². The summed E-state index contributed by atoms with van der Waals surface area (Å²) in [7, 11) is 0. The van der Waals surface area contributed by atoms with Crippen LogP contribution >= 0.6 is 23.6 Å². The predicted molar refractivity (Wildman–Crippen MR) is 102 cm³/mol. The highest BCUT2D eigenvalue weighted by Gasteiger charge is 2.38. The van der Waals surface area contributed by atoms with Crippen molar-refractivity contribution < 1.29 is 19.1 Å². The fourth-order valence-corrected chi connectivity index (χ4v) is 4.27. The standard InChI is InChI=1S/C17H22N2O4S2/c1-4-9-18-17(24)19-14-13(16(21)23-6-3)12-10(15(20)22-5-2)7-8-11(12)25-14/h4,10H,1,5-9H2,2-3H3,(H2,18,19,24)/t10-/m1/s1. The van der Waals surface area contributed by atoms with Crippen molar-refractivity contribution in [1.29, 1.82) is 0 Å². The molecule has 8 heteroatoms. The molecule has 2 N–H and O–H groups in total. The molecule has 136 valence electrons. The van der Waals surface area contributed by atoms with Crippen LogP contribution in [0.2, 0.25) is 0 Å². The molecular weight excluding hydrogens is 360 g/mol. The highest BCUT2D eigenvalue weighted by atomic mass is 32.1. The van der Waals surface area contributed by atoms with Crippen LogP contribution in [0.5, 0.6) is 0 Å². The summed E-state index contributed by atoms with van der Waals surface area (Å²) in [5.41, 5.74) is 1.11. The largest absolute Gasteiger partial charge is 0.466 e. The molecule has 0 aromatic carbocycles. The zero-order valence-electron chi connectivity index (χ0n) is 14.3. The van der Waals surface area contributed by atoms with Crippen molar-refractivity contribution in [2.24, 2.45) is 0 Å². The van der Waals surface area contributed by atoms with E-state index in [0.29, 0.717) is 35.2 Å². The fraction of sp³-hybridized carbons (Fsp3) is 0.471. The van der Waals surface area contributed by atoms with Crippen LogP contribution in [0.3, 0.4) is 0 Å². The van der Waals surface area contributed by atoms with Gasteiger partial charge < -0.3 is 20.1 Å². The molecule has 0 saturated carbocycles. The first-order chi connectivity index (χ1) is 12.0. The average Bonchev–Trinajstić information content (AvgIpc) is 3.11. The van der Waals surface area contributed by atoms with E-state index in [9.17, 15) is 9.59 Å². The van der Waals surface area contributed by atoms with Gasteiger partial charge in [-0.25, -0.2) is 4.79 Å². The highest BCUT2D eigenvalue weighted by molar-refractivity contribution is 7.80. The number of hydrogen-bond donors (Lipinski definition) is 2. The number of aryl methyl sites for hydroxylation is 1. The smallest absolute Gasteiger partial charge is 0.341 e. The molecule has 1 aromatic rings. The third-order valence-electron chi connectivity index (χ3n) is 3.72. The number of thiocarbonyl (C=S) groups is 1. The molecule has 1 heterocycles. The third-order valence-corrected chi connectivity index (χ3v) is 5.14. The Morgan fingerprint density at radius 3 is 2.72 bits per heavy atom. The number of hydrogen-bond acceptors (Lipinski definition) is 6. The number of nitrogens with one attached hydrogen (secondary N) is 2. The first-order valence-electron chi connectivity index (χ1n) is 8.18. The molecule has 0 radical (unpaired) electrons. The second kappa shape index (κ2) is 8.96. The van der Waals surface area contributed by atoms with Crippen LogP contribution in [0.4, 0.5) is 5.00 Å². The Kier molecular flexibility index (Phi) is 6.95. The summed E-state index contributed by atoms with van der Waals surface area (Å²) in [5.74, 6) is -1.19. The number of esters is 2. The first kappa shape index (κ1) is 19.4. The van der Waals surface area contributed by atoms with E-state index in [2.05, 4.69) is 17.2 Å². The van der Waals surface area contributed by atoms with Crippen LogP contribution in [0.1, 0.15) is 47.0 Å². The highest BCUT2D eigenvalue weighted by Crippen LogP contribution is 2.45. The van der Waals surface area contributed by atoms with Gasteiger partial charge in [0.05, 0.1) is 24.7 Å². The SMILES string of the molecule is C=CCNC(=S)Nc1sc2c(c1C(=O)OCC)[C@H](C(=O)OCC)CC2. The average molecular weight is 383 g/mol. The van der Waals surface area contributed by atoms with Crippen LogP contribution < -0.4 is 10.6 Å². The summed E-state index contributed by atoms with van der Waals surface area (Å²) >= 11 is 6.67. The van der Waals surface area contributed by atoms with Crippen LogP contribution in [-0.2, 0) is 20.7 Å². The van der Waals surface area contributed by atoms with Gasteiger partial charge in [0.2, 0.25) is 0 Å². The van der Waals surface area contributed by atoms with Gasteiger partial charge in [-0.3, -0.25) is 4.79 Å². The Morgan fingerprint density at radius 1 is 1.36 bits per heavy atom. The van der Waals surface area contributed by atoms with Crippen LogP contribution in [-0.4, -0.2) is 36.8 Å². The summed E-state index contributed by atoms with van der Waals surface area (Å²) < 4.78 is 10.4. The summed E-state index contributed by atoms with van der Waals surface area (Å²) in [4.78, 5) is 25.8. The van der Waals surface area contributed by atoms with Crippen LogP contribution in [0.25, 0.3) is 0 Å². The Balaban J connectivity index is 2.36. The summed E-state index contributed by atoms with van der Waals surface area (Å²) in [5, 5.41) is 6.99. The number of carbonyl (C=O) groups excluding carboxylic acids is 2. The zero-order valence-corrected chi connectivity index (χ0v) is 16.0. The second-order valence-corrected chi connectivity index (χ2v) is 6.84. The minimum absolute atomic E-state index is 0.256. The molecule has 0 saturated heterocycles. The minimum atomic E-state index is -0.454. The molecule has 0 bridgehead atoms. The molecule has 25 heavy (non-hydrogen) atoms. The molecule has 0 amide bonds. The van der Waals surface area contributed by atoms with E-state index < -0.39 is 11.9 Å². The molecular formula is C17H22N2O4S2. The summed E-state index contributed by atoms with van der Waals surface area (Å²) in [6.45, 7) is 8.22. The lowest BCUT2D eigenvalue weighted by atomic mass is 9.99. The fourth-order valence-electron chi connectivity index (χ4n) is 2.75. The lowest BCUT2D eigenvalue weighted by Crippen LogP contribution is -2.29. The molecule has 0 spiro atoms. The van der Waals surface area contributed by atoms with Crippen molar-refractivity contribution in [2.75, 3.05) is 25.1 Å². The topological polar surface area (TPSA) is 76.7 Å². The number of ether oxygens (including phenoxy) is 2. The number of carbonyl (C=O) groups is 2. The van der Waals surface area contributed by atoms with Crippen molar-refractivity contribution in [2.45, 2.75) is 32.6 Å². The first-order valence-corrected chi connectivity index (χ1v) is 9.40. The van der Waals surface area contributed by atoms with Gasteiger partial charge in [0.25, 0.3) is 0 Å². The molecule has 1 aromatic heterocycles. The molecule has 0 unspecified atom stereocenters. The number of rotatable bonds is 7.